The van der Waals surface area contributed by atoms with E-state index in [0.29, 0.717) is 0 Å². The average Bonchev–Trinajstić information content (AvgIpc) is 1.83. The monoisotopic (exact) mass is 141 g/mol. The second-order valence-corrected chi connectivity index (χ2v) is 3.78. The Morgan fingerprint density at radius 2 is 2.10 bits per heavy atom. The fourth-order valence-corrected chi connectivity index (χ4v) is 1.80. The van der Waals surface area contributed by atoms with Gasteiger partial charge in [0, 0.05) is 5.54 Å². The average molecular weight is 141 g/mol. The van der Waals surface area contributed by atoms with Crippen molar-refractivity contribution < 1.29 is 0 Å². The van der Waals surface area contributed by atoms with Crippen molar-refractivity contribution in [3.63, 3.8) is 0 Å². The van der Waals surface area contributed by atoms with Crippen LogP contribution < -0.4 is 5.73 Å². The molecule has 0 aromatic carbocycles. The van der Waals surface area contributed by atoms with Crippen molar-refractivity contribution in [3.05, 3.63) is 0 Å². The maximum absolute atomic E-state index is 6.13. The van der Waals surface area contributed by atoms with Crippen LogP contribution in [-0.4, -0.2) is 5.54 Å². The zero-order chi connectivity index (χ0) is 7.61. The maximum Gasteiger partial charge on any atom is 0.0180 e. The van der Waals surface area contributed by atoms with Gasteiger partial charge >= 0.3 is 0 Å². The Morgan fingerprint density at radius 1 is 1.50 bits per heavy atom. The summed E-state index contributed by atoms with van der Waals surface area (Å²) in [4.78, 5) is 0. The normalized spacial score (nSPS) is 25.5. The Kier molecular flexibility index (Phi) is 2.35. The zero-order valence-electron chi connectivity index (χ0n) is 7.19. The highest BCUT2D eigenvalue weighted by atomic mass is 14.8. The molecule has 1 rings (SSSR count). The van der Waals surface area contributed by atoms with E-state index < -0.39 is 0 Å². The van der Waals surface area contributed by atoms with Gasteiger partial charge in [0.05, 0.1) is 0 Å². The van der Waals surface area contributed by atoms with Gasteiger partial charge in [0.2, 0.25) is 0 Å². The van der Waals surface area contributed by atoms with Crippen LogP contribution in [0.3, 0.4) is 0 Å². The highest BCUT2D eigenvalue weighted by Gasteiger charge is 2.36. The number of hydrogen-bond donors (Lipinski definition) is 1. The molecule has 0 amide bonds. The molecule has 0 aliphatic heterocycles. The third-order valence-electron chi connectivity index (χ3n) is 2.99. The van der Waals surface area contributed by atoms with Crippen molar-refractivity contribution in [3.8, 4) is 0 Å². The molecule has 0 radical (unpaired) electrons. The second-order valence-electron chi connectivity index (χ2n) is 3.78. The molecule has 1 heteroatoms. The smallest absolute Gasteiger partial charge is 0.0180 e. The van der Waals surface area contributed by atoms with E-state index in [2.05, 4.69) is 13.8 Å². The fraction of sp³-hybridized carbons (Fsp3) is 1.00. The van der Waals surface area contributed by atoms with Crippen LogP contribution in [0.1, 0.15) is 46.0 Å². The van der Waals surface area contributed by atoms with E-state index in [9.17, 15) is 0 Å². The molecule has 0 saturated heterocycles. The molecule has 0 aromatic heterocycles. The summed E-state index contributed by atoms with van der Waals surface area (Å²) < 4.78 is 0. The van der Waals surface area contributed by atoms with Crippen LogP contribution in [-0.2, 0) is 0 Å². The molecule has 60 valence electrons. The molecule has 0 spiro atoms. The van der Waals surface area contributed by atoms with Crippen LogP contribution in [0.4, 0.5) is 0 Å². The Balaban J connectivity index is 2.31. The molecule has 2 N–H and O–H groups in total. The molecule has 1 unspecified atom stereocenters. The van der Waals surface area contributed by atoms with Crippen LogP contribution in [0, 0.1) is 5.92 Å². The Labute approximate surface area is 64.0 Å². The standard InChI is InChI=1S/C9H19N/c1-3-5-8(2)9(10)6-4-7-9/h8H,3-7,10H2,1-2H3. The van der Waals surface area contributed by atoms with Crippen molar-refractivity contribution >= 4 is 0 Å². The third-order valence-corrected chi connectivity index (χ3v) is 2.99. The minimum atomic E-state index is 0.232. The predicted molar refractivity (Wildman–Crippen MR) is 44.8 cm³/mol. The lowest BCUT2D eigenvalue weighted by atomic mass is 9.68. The van der Waals surface area contributed by atoms with Crippen molar-refractivity contribution in [2.75, 3.05) is 0 Å². The largest absolute Gasteiger partial charge is 0.325 e. The summed E-state index contributed by atoms with van der Waals surface area (Å²) in [7, 11) is 0. The van der Waals surface area contributed by atoms with E-state index in [1.165, 1.54) is 32.1 Å². The van der Waals surface area contributed by atoms with Crippen LogP contribution in [0.2, 0.25) is 0 Å². The first-order valence-electron chi connectivity index (χ1n) is 4.48. The molecule has 1 aliphatic carbocycles. The second kappa shape index (κ2) is 2.91. The Bertz CT molecular complexity index is 105. The van der Waals surface area contributed by atoms with Gasteiger partial charge in [0.25, 0.3) is 0 Å². The van der Waals surface area contributed by atoms with Gasteiger partial charge < -0.3 is 5.73 Å². The molecule has 0 aromatic rings. The minimum absolute atomic E-state index is 0.232. The van der Waals surface area contributed by atoms with Crippen LogP contribution in [0.25, 0.3) is 0 Å². The van der Waals surface area contributed by atoms with Crippen molar-refractivity contribution in [1.82, 2.24) is 0 Å². The van der Waals surface area contributed by atoms with Gasteiger partial charge in [0.1, 0.15) is 0 Å². The summed E-state index contributed by atoms with van der Waals surface area (Å²) in [5.74, 6) is 0.742. The van der Waals surface area contributed by atoms with Gasteiger partial charge in [-0.15, -0.1) is 0 Å². The first-order chi connectivity index (χ1) is 4.69. The van der Waals surface area contributed by atoms with Gasteiger partial charge in [-0.1, -0.05) is 20.3 Å². The molecule has 1 saturated carbocycles. The van der Waals surface area contributed by atoms with Crippen molar-refractivity contribution in [1.29, 1.82) is 0 Å². The summed E-state index contributed by atoms with van der Waals surface area (Å²) in [5.41, 5.74) is 6.36. The Morgan fingerprint density at radius 3 is 2.40 bits per heavy atom. The van der Waals surface area contributed by atoms with E-state index in [-0.39, 0.29) is 5.54 Å². The van der Waals surface area contributed by atoms with Crippen LogP contribution in [0.15, 0.2) is 0 Å². The van der Waals surface area contributed by atoms with Gasteiger partial charge in [-0.25, -0.2) is 0 Å². The van der Waals surface area contributed by atoms with Crippen molar-refractivity contribution in [2.24, 2.45) is 11.7 Å². The van der Waals surface area contributed by atoms with Gasteiger partial charge in [-0.05, 0) is 31.6 Å². The summed E-state index contributed by atoms with van der Waals surface area (Å²) in [6.45, 7) is 4.53. The SMILES string of the molecule is CCCC(C)C1(N)CCC1. The topological polar surface area (TPSA) is 26.0 Å². The quantitative estimate of drug-likeness (QED) is 0.641. The Hall–Kier alpha value is -0.0400. The fourth-order valence-electron chi connectivity index (χ4n) is 1.80. The first-order valence-corrected chi connectivity index (χ1v) is 4.48. The molecule has 10 heavy (non-hydrogen) atoms. The lowest BCUT2D eigenvalue weighted by molar-refractivity contribution is 0.156. The third kappa shape index (κ3) is 1.34. The van der Waals surface area contributed by atoms with Gasteiger partial charge in [0.15, 0.2) is 0 Å². The molecular formula is C9H19N. The number of nitrogens with two attached hydrogens (primary N) is 1. The summed E-state index contributed by atoms with van der Waals surface area (Å²) in [6, 6.07) is 0. The molecule has 1 nitrogen and oxygen atoms in total. The summed E-state index contributed by atoms with van der Waals surface area (Å²) in [5, 5.41) is 0. The first kappa shape index (κ1) is 8.06. The zero-order valence-corrected chi connectivity index (χ0v) is 7.19. The molecule has 0 bridgehead atoms. The van der Waals surface area contributed by atoms with E-state index in [4.69, 9.17) is 5.73 Å². The molecule has 1 fully saturated rings. The van der Waals surface area contributed by atoms with E-state index in [0.717, 1.165) is 5.92 Å². The van der Waals surface area contributed by atoms with E-state index >= 15 is 0 Å². The lowest BCUT2D eigenvalue weighted by Gasteiger charge is -2.43. The maximum atomic E-state index is 6.13. The molecule has 1 aliphatic rings. The van der Waals surface area contributed by atoms with Crippen molar-refractivity contribution in [2.45, 2.75) is 51.5 Å². The van der Waals surface area contributed by atoms with E-state index in [1.54, 1.807) is 0 Å². The summed E-state index contributed by atoms with van der Waals surface area (Å²) >= 11 is 0. The molecule has 0 heterocycles. The minimum Gasteiger partial charge on any atom is -0.325 e. The van der Waals surface area contributed by atoms with E-state index in [1.807, 2.05) is 0 Å². The lowest BCUT2D eigenvalue weighted by Crippen LogP contribution is -2.51. The number of rotatable bonds is 3. The molecule has 1 atom stereocenters. The highest BCUT2D eigenvalue weighted by Crippen LogP contribution is 2.37. The van der Waals surface area contributed by atoms with Crippen LogP contribution >= 0.6 is 0 Å². The predicted octanol–water partition coefficient (Wildman–Crippen LogP) is 2.30. The number of hydrogen-bond acceptors (Lipinski definition) is 1. The van der Waals surface area contributed by atoms with Crippen LogP contribution in [0.5, 0.6) is 0 Å². The summed E-state index contributed by atoms with van der Waals surface area (Å²) in [6.07, 6.45) is 6.45. The molecular weight excluding hydrogens is 122 g/mol. The van der Waals surface area contributed by atoms with Gasteiger partial charge in [-0.2, -0.15) is 0 Å². The highest BCUT2D eigenvalue weighted by molar-refractivity contribution is 4.96. The van der Waals surface area contributed by atoms with Gasteiger partial charge in [-0.3, -0.25) is 0 Å².